The molecule has 0 saturated heterocycles. The average Bonchev–Trinajstić information content (AvgIpc) is 2.52. The molecule has 0 radical (unpaired) electrons. The van der Waals surface area contributed by atoms with Gasteiger partial charge in [0.25, 0.3) is 0 Å². The molecule has 0 saturated carbocycles. The van der Waals surface area contributed by atoms with Crippen LogP contribution >= 0.6 is 11.8 Å². The number of thioether (sulfide) groups is 1. The fourth-order valence-electron chi connectivity index (χ4n) is 1.04. The van der Waals surface area contributed by atoms with Crippen molar-refractivity contribution >= 4 is 23.7 Å². The summed E-state index contributed by atoms with van der Waals surface area (Å²) in [4.78, 5) is 3.97. The van der Waals surface area contributed by atoms with Crippen LogP contribution in [-0.2, 0) is 0 Å². The van der Waals surface area contributed by atoms with E-state index in [1.165, 1.54) is 5.75 Å². The molecule has 0 fully saturated rings. The summed E-state index contributed by atoms with van der Waals surface area (Å²) in [6.45, 7) is 4.28. The minimum Gasteiger partial charge on any atom is -0.368 e. The van der Waals surface area contributed by atoms with Crippen molar-refractivity contribution in [1.29, 1.82) is 0 Å². The number of rotatable bonds is 6. The molecule has 0 aliphatic heterocycles. The van der Waals surface area contributed by atoms with Gasteiger partial charge in [0.1, 0.15) is 0 Å². The lowest BCUT2D eigenvalue weighted by molar-refractivity contribution is 0.761. The van der Waals surface area contributed by atoms with Gasteiger partial charge in [0, 0.05) is 6.04 Å². The minimum atomic E-state index is 0.350. The van der Waals surface area contributed by atoms with Gasteiger partial charge in [-0.3, -0.25) is 0 Å². The van der Waals surface area contributed by atoms with Crippen molar-refractivity contribution in [3.63, 3.8) is 0 Å². The van der Waals surface area contributed by atoms with E-state index in [0.717, 1.165) is 12.2 Å². The topological polar surface area (TPSA) is 79.6 Å². The Labute approximate surface area is 88.3 Å². The third-order valence-corrected chi connectivity index (χ3v) is 2.71. The van der Waals surface area contributed by atoms with Crippen LogP contribution in [0.4, 0.5) is 11.9 Å². The lowest BCUT2D eigenvalue weighted by atomic mass is 10.3. The highest BCUT2D eigenvalue weighted by Gasteiger charge is 2.04. The van der Waals surface area contributed by atoms with Crippen molar-refractivity contribution in [2.45, 2.75) is 26.3 Å². The van der Waals surface area contributed by atoms with Crippen molar-refractivity contribution in [1.82, 2.24) is 15.2 Å². The van der Waals surface area contributed by atoms with E-state index >= 15 is 0 Å². The molecule has 1 aromatic rings. The lowest BCUT2D eigenvalue weighted by Gasteiger charge is -2.10. The number of nitrogens with one attached hydrogen (secondary N) is 2. The van der Waals surface area contributed by atoms with Crippen LogP contribution in [0.2, 0.25) is 0 Å². The number of aromatic nitrogens is 3. The van der Waals surface area contributed by atoms with Crippen LogP contribution in [0.25, 0.3) is 0 Å². The van der Waals surface area contributed by atoms with Gasteiger partial charge >= 0.3 is 0 Å². The Hall–Kier alpha value is -0.910. The van der Waals surface area contributed by atoms with Crippen molar-refractivity contribution < 1.29 is 0 Å². The molecular weight excluding hydrogens is 198 g/mol. The van der Waals surface area contributed by atoms with Gasteiger partial charge in [0.2, 0.25) is 11.9 Å². The highest BCUT2D eigenvalue weighted by molar-refractivity contribution is 7.99. The third kappa shape index (κ3) is 3.87. The molecule has 0 spiro atoms. The Kier molecular flexibility index (Phi) is 4.58. The predicted molar refractivity (Wildman–Crippen MR) is 61.5 cm³/mol. The van der Waals surface area contributed by atoms with E-state index in [0.29, 0.717) is 17.9 Å². The molecule has 80 valence electrons. The molecule has 1 aromatic heterocycles. The van der Waals surface area contributed by atoms with Gasteiger partial charge in [0.15, 0.2) is 0 Å². The summed E-state index contributed by atoms with van der Waals surface area (Å²) in [5, 5.41) is 9.67. The van der Waals surface area contributed by atoms with Crippen molar-refractivity contribution in [3.05, 3.63) is 0 Å². The highest BCUT2D eigenvalue weighted by atomic mass is 32.2. The molecule has 0 bridgehead atoms. The maximum Gasteiger partial charge on any atom is 0.243 e. The molecule has 4 N–H and O–H groups in total. The number of aromatic amines is 1. The van der Waals surface area contributed by atoms with Crippen LogP contribution in [0.1, 0.15) is 20.3 Å². The van der Waals surface area contributed by atoms with Gasteiger partial charge < -0.3 is 11.1 Å². The molecule has 1 rings (SSSR count). The van der Waals surface area contributed by atoms with Crippen LogP contribution in [0.15, 0.2) is 0 Å². The molecule has 6 heteroatoms. The number of nitrogens with two attached hydrogens (primary N) is 1. The maximum absolute atomic E-state index is 5.40. The average molecular weight is 215 g/mol. The summed E-state index contributed by atoms with van der Waals surface area (Å²) < 4.78 is 0. The smallest absolute Gasteiger partial charge is 0.243 e. The summed E-state index contributed by atoms with van der Waals surface area (Å²) in [6.07, 6.45) is 1.10. The van der Waals surface area contributed by atoms with E-state index in [4.69, 9.17) is 5.73 Å². The van der Waals surface area contributed by atoms with E-state index < -0.39 is 0 Å². The van der Waals surface area contributed by atoms with Gasteiger partial charge in [-0.15, -0.1) is 5.10 Å². The lowest BCUT2D eigenvalue weighted by Crippen LogP contribution is -2.16. The first kappa shape index (κ1) is 11.2. The van der Waals surface area contributed by atoms with Crippen LogP contribution < -0.4 is 11.1 Å². The van der Waals surface area contributed by atoms with E-state index in [1.807, 2.05) is 11.8 Å². The molecule has 0 amide bonds. The monoisotopic (exact) mass is 215 g/mol. The minimum absolute atomic E-state index is 0.350. The second-order valence-electron chi connectivity index (χ2n) is 3.08. The maximum atomic E-state index is 5.40. The van der Waals surface area contributed by atoms with Gasteiger partial charge in [0.05, 0.1) is 0 Å². The zero-order chi connectivity index (χ0) is 10.4. The summed E-state index contributed by atoms with van der Waals surface area (Å²) >= 11 is 1.94. The Morgan fingerprint density at radius 2 is 2.43 bits per heavy atom. The van der Waals surface area contributed by atoms with E-state index in [1.54, 1.807) is 0 Å². The first-order valence-electron chi connectivity index (χ1n) is 4.74. The molecule has 1 heterocycles. The van der Waals surface area contributed by atoms with E-state index in [-0.39, 0.29) is 0 Å². The number of nitrogens with zero attached hydrogens (tertiary/aromatic N) is 2. The molecule has 14 heavy (non-hydrogen) atoms. The summed E-state index contributed by atoms with van der Waals surface area (Å²) in [6, 6.07) is 0.379. The standard InChI is InChI=1S/C8H17N5S/c1-3-14-5-4-6(2)10-8-11-7(9)12-13-8/h6H,3-5H2,1-2H3,(H4,9,10,11,12,13). The molecule has 1 atom stereocenters. The summed E-state index contributed by atoms with van der Waals surface area (Å²) in [5.74, 6) is 3.25. The second-order valence-corrected chi connectivity index (χ2v) is 4.47. The Morgan fingerprint density at radius 3 is 3.00 bits per heavy atom. The van der Waals surface area contributed by atoms with Crippen molar-refractivity contribution in [2.75, 3.05) is 22.6 Å². The van der Waals surface area contributed by atoms with Gasteiger partial charge in [-0.25, -0.2) is 5.10 Å². The van der Waals surface area contributed by atoms with Crippen LogP contribution in [0.5, 0.6) is 0 Å². The molecule has 0 aliphatic rings. The highest BCUT2D eigenvalue weighted by Crippen LogP contribution is 2.08. The van der Waals surface area contributed by atoms with E-state index in [9.17, 15) is 0 Å². The second kappa shape index (κ2) is 5.74. The molecule has 0 aliphatic carbocycles. The quantitative estimate of drug-likeness (QED) is 0.624. The Morgan fingerprint density at radius 1 is 1.64 bits per heavy atom. The fraction of sp³-hybridized carbons (Fsp3) is 0.750. The number of H-pyrrole nitrogens is 1. The number of hydrogen-bond donors (Lipinski definition) is 3. The largest absolute Gasteiger partial charge is 0.368 e. The van der Waals surface area contributed by atoms with Gasteiger partial charge in [-0.2, -0.15) is 16.7 Å². The molecular formula is C8H17N5S. The van der Waals surface area contributed by atoms with Crippen molar-refractivity contribution in [3.8, 4) is 0 Å². The number of hydrogen-bond acceptors (Lipinski definition) is 5. The number of nitrogen functional groups attached to an aromatic ring is 1. The van der Waals surface area contributed by atoms with Crippen LogP contribution in [0.3, 0.4) is 0 Å². The van der Waals surface area contributed by atoms with E-state index in [2.05, 4.69) is 34.3 Å². The Balaban J connectivity index is 2.23. The molecule has 0 aromatic carbocycles. The van der Waals surface area contributed by atoms with Crippen LogP contribution in [-0.4, -0.2) is 32.7 Å². The SMILES string of the molecule is CCSCCC(C)Nc1n[nH]c(N)n1. The zero-order valence-corrected chi connectivity index (χ0v) is 9.40. The van der Waals surface area contributed by atoms with Gasteiger partial charge in [-0.05, 0) is 24.9 Å². The summed E-state index contributed by atoms with van der Waals surface area (Å²) in [5.41, 5.74) is 5.40. The zero-order valence-electron chi connectivity index (χ0n) is 8.58. The molecule has 1 unspecified atom stereocenters. The first-order chi connectivity index (χ1) is 6.72. The Bertz CT molecular complexity index is 262. The number of anilines is 2. The molecule has 5 nitrogen and oxygen atoms in total. The van der Waals surface area contributed by atoms with Crippen LogP contribution in [0, 0.1) is 0 Å². The first-order valence-corrected chi connectivity index (χ1v) is 5.90. The predicted octanol–water partition coefficient (Wildman–Crippen LogP) is 1.33. The normalized spacial score (nSPS) is 12.7. The summed E-state index contributed by atoms with van der Waals surface area (Å²) in [7, 11) is 0. The van der Waals surface area contributed by atoms with Gasteiger partial charge in [-0.1, -0.05) is 6.92 Å². The third-order valence-electron chi connectivity index (χ3n) is 1.78. The van der Waals surface area contributed by atoms with Crippen molar-refractivity contribution in [2.24, 2.45) is 0 Å². The fourth-order valence-corrected chi connectivity index (χ4v) is 1.84.